The number of fused-ring (bicyclic) bond motifs is 1. The zero-order valence-corrected chi connectivity index (χ0v) is 19.7. The largest absolute Gasteiger partial charge is 0.361 e. The van der Waals surface area contributed by atoms with Crippen LogP contribution in [0.25, 0.3) is 11.0 Å². The number of aromatic nitrogens is 3. The first-order valence-corrected chi connectivity index (χ1v) is 14.2. The molecule has 0 atom stereocenters. The van der Waals surface area contributed by atoms with Gasteiger partial charge < -0.3 is 10.1 Å². The van der Waals surface area contributed by atoms with Crippen molar-refractivity contribution in [3.8, 4) is 0 Å². The average molecular weight is 475 g/mol. The fraction of sp³-hybridized carbons (Fsp3) is 0.381. The summed E-state index contributed by atoms with van der Waals surface area (Å²) in [5.74, 6) is 0.181. The summed E-state index contributed by atoms with van der Waals surface area (Å²) in [5.41, 5.74) is 2.79. The highest BCUT2D eigenvalue weighted by Crippen LogP contribution is 2.21. The Morgan fingerprint density at radius 2 is 1.97 bits per heavy atom. The molecule has 1 N–H and O–H groups in total. The highest BCUT2D eigenvalue weighted by atomic mass is 79.9. The van der Waals surface area contributed by atoms with Crippen molar-refractivity contribution in [2.45, 2.75) is 38.8 Å². The molecule has 3 rings (SSSR count). The van der Waals surface area contributed by atoms with Crippen LogP contribution in [-0.2, 0) is 17.9 Å². The van der Waals surface area contributed by atoms with Crippen molar-refractivity contribution in [1.82, 2.24) is 19.9 Å². The minimum atomic E-state index is -1.17. The van der Waals surface area contributed by atoms with Crippen molar-refractivity contribution in [1.29, 1.82) is 0 Å². The van der Waals surface area contributed by atoms with Crippen molar-refractivity contribution < 1.29 is 9.53 Å². The molecule has 1 amide bonds. The standard InChI is InChI=1S/C21H27BrN4O2Si/c1-29(2,3)13-12-28-15-26-19-5-4-17(22)14-18(19)25-20(26)21(27)24-11-8-16-6-9-23-10-7-16/h4-7,9-10,14H,8,11-13,15H2,1-3H3,(H,24,27). The van der Waals surface area contributed by atoms with Crippen LogP contribution in [0.1, 0.15) is 16.2 Å². The maximum atomic E-state index is 12.8. The SMILES string of the molecule is C[Si](C)(C)CCOCn1c(C(=O)NCCc2ccncc2)nc2cc(Br)ccc21. The van der Waals surface area contributed by atoms with Gasteiger partial charge in [0.25, 0.3) is 5.91 Å². The van der Waals surface area contributed by atoms with E-state index in [1.165, 1.54) is 0 Å². The van der Waals surface area contributed by atoms with Gasteiger partial charge in [-0.05, 0) is 48.4 Å². The number of benzene rings is 1. The lowest BCUT2D eigenvalue weighted by atomic mass is 10.2. The van der Waals surface area contributed by atoms with Crippen LogP contribution in [0, 0.1) is 0 Å². The lowest BCUT2D eigenvalue weighted by Gasteiger charge is -2.16. The molecule has 29 heavy (non-hydrogen) atoms. The monoisotopic (exact) mass is 474 g/mol. The number of carbonyl (C=O) groups is 1. The summed E-state index contributed by atoms with van der Waals surface area (Å²) in [6, 6.07) is 10.8. The summed E-state index contributed by atoms with van der Waals surface area (Å²) in [6.45, 7) is 8.50. The molecule has 0 fully saturated rings. The molecule has 0 aliphatic heterocycles. The Morgan fingerprint density at radius 1 is 1.21 bits per heavy atom. The number of ether oxygens (including phenoxy) is 1. The number of pyridine rings is 1. The Bertz CT molecular complexity index is 970. The first-order chi connectivity index (χ1) is 13.8. The van der Waals surface area contributed by atoms with E-state index >= 15 is 0 Å². The van der Waals surface area contributed by atoms with E-state index in [9.17, 15) is 4.79 Å². The van der Waals surface area contributed by atoms with E-state index in [4.69, 9.17) is 4.74 Å². The van der Waals surface area contributed by atoms with E-state index in [1.807, 2.05) is 34.9 Å². The van der Waals surface area contributed by atoms with Crippen LogP contribution in [0.15, 0.2) is 47.2 Å². The Morgan fingerprint density at radius 3 is 2.69 bits per heavy atom. The summed E-state index contributed by atoms with van der Waals surface area (Å²) < 4.78 is 8.70. The number of nitrogens with one attached hydrogen (secondary N) is 1. The average Bonchev–Trinajstić information content (AvgIpc) is 3.03. The normalized spacial score (nSPS) is 11.7. The number of halogens is 1. The topological polar surface area (TPSA) is 69.0 Å². The predicted octanol–water partition coefficient (Wildman–Crippen LogP) is 4.48. The zero-order valence-electron chi connectivity index (χ0n) is 17.1. The minimum absolute atomic E-state index is 0.194. The Kier molecular flexibility index (Phi) is 7.21. The van der Waals surface area contributed by atoms with Crippen molar-refractivity contribution in [2.24, 2.45) is 0 Å². The van der Waals surface area contributed by atoms with Gasteiger partial charge in [0.15, 0.2) is 0 Å². The summed E-state index contributed by atoms with van der Waals surface area (Å²) in [6.07, 6.45) is 4.26. The second kappa shape index (κ2) is 9.64. The number of hydrogen-bond acceptors (Lipinski definition) is 4. The summed E-state index contributed by atoms with van der Waals surface area (Å²) in [5, 5.41) is 2.97. The molecule has 0 bridgehead atoms. The summed E-state index contributed by atoms with van der Waals surface area (Å²) in [4.78, 5) is 21.4. The van der Waals surface area contributed by atoms with Gasteiger partial charge in [0.2, 0.25) is 5.82 Å². The zero-order chi connectivity index (χ0) is 20.9. The predicted molar refractivity (Wildman–Crippen MR) is 122 cm³/mol. The maximum Gasteiger partial charge on any atom is 0.287 e. The van der Waals surface area contributed by atoms with Crippen molar-refractivity contribution in [2.75, 3.05) is 13.2 Å². The van der Waals surface area contributed by atoms with Crippen LogP contribution in [0.3, 0.4) is 0 Å². The molecule has 3 aromatic rings. The van der Waals surface area contributed by atoms with Gasteiger partial charge >= 0.3 is 0 Å². The van der Waals surface area contributed by atoms with E-state index in [1.54, 1.807) is 12.4 Å². The van der Waals surface area contributed by atoms with Gasteiger partial charge in [0, 0.05) is 38.1 Å². The van der Waals surface area contributed by atoms with E-state index in [2.05, 4.69) is 50.9 Å². The number of hydrogen-bond donors (Lipinski definition) is 1. The van der Waals surface area contributed by atoms with Gasteiger partial charge in [-0.3, -0.25) is 14.3 Å². The molecule has 0 aliphatic carbocycles. The first kappa shape index (κ1) is 21.7. The second-order valence-corrected chi connectivity index (χ2v) is 14.7. The molecule has 0 unspecified atom stereocenters. The number of carbonyl (C=O) groups excluding carboxylic acids is 1. The highest BCUT2D eigenvalue weighted by molar-refractivity contribution is 9.10. The number of imidazole rings is 1. The van der Waals surface area contributed by atoms with Crippen LogP contribution in [-0.4, -0.2) is 41.7 Å². The van der Waals surface area contributed by atoms with Gasteiger partial charge in [-0.15, -0.1) is 0 Å². The lowest BCUT2D eigenvalue weighted by Crippen LogP contribution is -2.29. The van der Waals surface area contributed by atoms with Crippen molar-refractivity contribution >= 4 is 40.9 Å². The molecule has 6 nitrogen and oxygen atoms in total. The summed E-state index contributed by atoms with van der Waals surface area (Å²) >= 11 is 3.48. The Balaban J connectivity index is 1.71. The lowest BCUT2D eigenvalue weighted by molar-refractivity contribution is 0.0803. The van der Waals surface area contributed by atoms with E-state index in [-0.39, 0.29) is 5.91 Å². The molecule has 0 aliphatic rings. The first-order valence-electron chi connectivity index (χ1n) is 9.74. The van der Waals surface area contributed by atoms with E-state index in [0.717, 1.165) is 33.5 Å². The number of amides is 1. The summed E-state index contributed by atoms with van der Waals surface area (Å²) in [7, 11) is -1.17. The molecule has 0 saturated heterocycles. The molecular formula is C21H27BrN4O2Si. The van der Waals surface area contributed by atoms with Crippen LogP contribution in [0.5, 0.6) is 0 Å². The molecule has 8 heteroatoms. The van der Waals surface area contributed by atoms with Crippen molar-refractivity contribution in [3.63, 3.8) is 0 Å². The molecular weight excluding hydrogens is 448 g/mol. The molecule has 2 aromatic heterocycles. The van der Waals surface area contributed by atoms with Crippen LogP contribution in [0.4, 0.5) is 0 Å². The van der Waals surface area contributed by atoms with Gasteiger partial charge in [0.1, 0.15) is 6.73 Å². The highest BCUT2D eigenvalue weighted by Gasteiger charge is 2.18. The third-order valence-corrected chi connectivity index (χ3v) is 6.78. The third-order valence-electron chi connectivity index (χ3n) is 4.58. The quantitative estimate of drug-likeness (QED) is 0.366. The van der Waals surface area contributed by atoms with Crippen molar-refractivity contribution in [3.05, 3.63) is 58.6 Å². The molecule has 0 saturated carbocycles. The van der Waals surface area contributed by atoms with Gasteiger partial charge in [-0.2, -0.15) is 0 Å². The number of rotatable bonds is 9. The molecule has 154 valence electrons. The Labute approximate surface area is 180 Å². The fourth-order valence-corrected chi connectivity index (χ4v) is 4.00. The second-order valence-electron chi connectivity index (χ2n) is 8.21. The minimum Gasteiger partial charge on any atom is -0.361 e. The maximum absolute atomic E-state index is 12.8. The fourth-order valence-electron chi connectivity index (χ4n) is 2.89. The smallest absolute Gasteiger partial charge is 0.287 e. The number of nitrogens with zero attached hydrogens (tertiary/aromatic N) is 3. The van der Waals surface area contributed by atoms with E-state index < -0.39 is 8.07 Å². The molecule has 2 heterocycles. The molecule has 0 radical (unpaired) electrons. The van der Waals surface area contributed by atoms with E-state index in [0.29, 0.717) is 25.7 Å². The Hall–Kier alpha value is -2.03. The molecule has 0 spiro atoms. The van der Waals surface area contributed by atoms with Gasteiger partial charge in [-0.25, -0.2) is 4.98 Å². The third kappa shape index (κ3) is 6.22. The molecule has 1 aromatic carbocycles. The van der Waals surface area contributed by atoms with Crippen LogP contribution in [0.2, 0.25) is 25.7 Å². The van der Waals surface area contributed by atoms with Gasteiger partial charge in [0.05, 0.1) is 11.0 Å². The van der Waals surface area contributed by atoms with Gasteiger partial charge in [-0.1, -0.05) is 35.6 Å². The van der Waals surface area contributed by atoms with Crippen LogP contribution < -0.4 is 5.32 Å². The van der Waals surface area contributed by atoms with Crippen LogP contribution >= 0.6 is 15.9 Å².